The molecule has 29 heavy (non-hydrogen) atoms. The van der Waals surface area contributed by atoms with Gasteiger partial charge in [-0.3, -0.25) is 9.59 Å². The van der Waals surface area contributed by atoms with Gasteiger partial charge in [-0.15, -0.1) is 0 Å². The Labute approximate surface area is 170 Å². The zero-order valence-corrected chi connectivity index (χ0v) is 16.8. The molecule has 0 spiro atoms. The van der Waals surface area contributed by atoms with E-state index >= 15 is 0 Å². The Morgan fingerprint density at radius 3 is 2.34 bits per heavy atom. The van der Waals surface area contributed by atoms with Gasteiger partial charge in [0.25, 0.3) is 5.91 Å². The van der Waals surface area contributed by atoms with Gasteiger partial charge >= 0.3 is 5.97 Å². The van der Waals surface area contributed by atoms with Crippen LogP contribution in [-0.2, 0) is 14.3 Å². The molecular formula is C22H27NO6. The van der Waals surface area contributed by atoms with Crippen LogP contribution in [0.1, 0.15) is 26.7 Å². The third-order valence-electron chi connectivity index (χ3n) is 3.73. The molecule has 0 aliphatic rings. The van der Waals surface area contributed by atoms with E-state index in [-0.39, 0.29) is 13.0 Å². The molecule has 0 fully saturated rings. The van der Waals surface area contributed by atoms with Crippen molar-refractivity contribution in [3.63, 3.8) is 0 Å². The molecule has 0 aliphatic carbocycles. The van der Waals surface area contributed by atoms with E-state index in [1.165, 1.54) is 0 Å². The highest BCUT2D eigenvalue weighted by atomic mass is 16.5. The van der Waals surface area contributed by atoms with Gasteiger partial charge in [0.2, 0.25) is 0 Å². The van der Waals surface area contributed by atoms with E-state index in [0.29, 0.717) is 43.4 Å². The van der Waals surface area contributed by atoms with Gasteiger partial charge < -0.3 is 24.3 Å². The third-order valence-corrected chi connectivity index (χ3v) is 3.73. The highest BCUT2D eigenvalue weighted by molar-refractivity contribution is 5.93. The number of anilines is 1. The lowest BCUT2D eigenvalue weighted by atomic mass is 10.2. The van der Waals surface area contributed by atoms with E-state index < -0.39 is 11.9 Å². The van der Waals surface area contributed by atoms with Gasteiger partial charge in [0.15, 0.2) is 18.1 Å². The van der Waals surface area contributed by atoms with Crippen LogP contribution in [0, 0.1) is 0 Å². The fourth-order valence-electron chi connectivity index (χ4n) is 2.47. The smallest absolute Gasteiger partial charge is 0.306 e. The molecule has 0 bridgehead atoms. The largest absolute Gasteiger partial charge is 0.494 e. The van der Waals surface area contributed by atoms with Crippen molar-refractivity contribution in [2.75, 3.05) is 31.7 Å². The number of amides is 1. The van der Waals surface area contributed by atoms with Crippen molar-refractivity contribution in [3.8, 4) is 17.2 Å². The van der Waals surface area contributed by atoms with Crippen molar-refractivity contribution in [2.24, 2.45) is 0 Å². The predicted molar refractivity (Wildman–Crippen MR) is 110 cm³/mol. The van der Waals surface area contributed by atoms with Gasteiger partial charge in [0, 0.05) is 18.2 Å². The molecule has 1 amide bonds. The number of carbonyl (C=O) groups is 2. The quantitative estimate of drug-likeness (QED) is 0.430. The topological polar surface area (TPSA) is 83.1 Å². The highest BCUT2D eigenvalue weighted by Gasteiger charge is 2.11. The normalized spacial score (nSPS) is 10.1. The van der Waals surface area contributed by atoms with Gasteiger partial charge in [-0.25, -0.2) is 0 Å². The lowest BCUT2D eigenvalue weighted by Crippen LogP contribution is -2.21. The van der Waals surface area contributed by atoms with E-state index in [0.717, 1.165) is 5.75 Å². The molecule has 2 rings (SSSR count). The van der Waals surface area contributed by atoms with E-state index in [1.807, 2.05) is 44.2 Å². The van der Waals surface area contributed by atoms with Gasteiger partial charge in [-0.2, -0.15) is 0 Å². The minimum atomic E-state index is -0.446. The average molecular weight is 401 g/mol. The van der Waals surface area contributed by atoms with Crippen molar-refractivity contribution < 1.29 is 28.5 Å². The van der Waals surface area contributed by atoms with Crippen molar-refractivity contribution in [1.82, 2.24) is 0 Å². The number of nitrogens with one attached hydrogen (secondary N) is 1. The molecule has 0 atom stereocenters. The van der Waals surface area contributed by atoms with Crippen molar-refractivity contribution >= 4 is 17.6 Å². The first-order valence-corrected chi connectivity index (χ1v) is 9.65. The van der Waals surface area contributed by atoms with Crippen LogP contribution < -0.4 is 19.5 Å². The predicted octanol–water partition coefficient (Wildman–Crippen LogP) is 3.82. The first-order chi connectivity index (χ1) is 14.1. The van der Waals surface area contributed by atoms with Crippen molar-refractivity contribution in [2.45, 2.75) is 26.7 Å². The van der Waals surface area contributed by atoms with Crippen LogP contribution in [0.15, 0.2) is 48.5 Å². The van der Waals surface area contributed by atoms with Gasteiger partial charge in [-0.05, 0) is 44.5 Å². The van der Waals surface area contributed by atoms with E-state index in [4.69, 9.17) is 18.9 Å². The SMILES string of the molecule is CCOc1ccc(NC(=O)COC(=O)CCCOc2ccccc2)cc1OCC. The molecule has 2 aromatic carbocycles. The number of rotatable bonds is 12. The Morgan fingerprint density at radius 1 is 0.897 bits per heavy atom. The van der Waals surface area contributed by atoms with Crippen LogP contribution >= 0.6 is 0 Å². The summed E-state index contributed by atoms with van der Waals surface area (Å²) in [5.41, 5.74) is 0.536. The van der Waals surface area contributed by atoms with E-state index in [2.05, 4.69) is 5.32 Å². The van der Waals surface area contributed by atoms with Gasteiger partial charge in [0.05, 0.1) is 19.8 Å². The summed E-state index contributed by atoms with van der Waals surface area (Å²) in [7, 11) is 0. The van der Waals surface area contributed by atoms with Crippen molar-refractivity contribution in [1.29, 1.82) is 0 Å². The molecule has 7 heteroatoms. The van der Waals surface area contributed by atoms with Crippen LogP contribution in [0.2, 0.25) is 0 Å². The molecule has 0 unspecified atom stereocenters. The maximum Gasteiger partial charge on any atom is 0.306 e. The molecule has 1 N–H and O–H groups in total. The molecule has 0 saturated carbocycles. The molecule has 0 heterocycles. The molecule has 7 nitrogen and oxygen atoms in total. The second-order valence-corrected chi connectivity index (χ2v) is 6.00. The number of ether oxygens (including phenoxy) is 4. The summed E-state index contributed by atoms with van der Waals surface area (Å²) in [5, 5.41) is 2.68. The second kappa shape index (κ2) is 12.3. The fraction of sp³-hybridized carbons (Fsp3) is 0.364. The Bertz CT molecular complexity index is 778. The number of esters is 1. The number of benzene rings is 2. The molecule has 0 radical (unpaired) electrons. The van der Waals surface area contributed by atoms with Gasteiger partial charge in [-0.1, -0.05) is 18.2 Å². The summed E-state index contributed by atoms with van der Waals surface area (Å²) in [6.45, 7) is 4.79. The lowest BCUT2D eigenvalue weighted by molar-refractivity contribution is -0.147. The van der Waals surface area contributed by atoms with Crippen LogP contribution in [0.3, 0.4) is 0 Å². The number of hydrogen-bond acceptors (Lipinski definition) is 6. The van der Waals surface area contributed by atoms with Crippen LogP contribution in [0.25, 0.3) is 0 Å². The molecule has 156 valence electrons. The molecule has 0 aliphatic heterocycles. The summed E-state index contributed by atoms with van der Waals surface area (Å²) in [6, 6.07) is 14.5. The maximum absolute atomic E-state index is 12.0. The lowest BCUT2D eigenvalue weighted by Gasteiger charge is -2.13. The van der Waals surface area contributed by atoms with Gasteiger partial charge in [0.1, 0.15) is 5.75 Å². The minimum Gasteiger partial charge on any atom is -0.494 e. The number of carbonyl (C=O) groups excluding carboxylic acids is 2. The molecule has 0 saturated heterocycles. The third kappa shape index (κ3) is 8.13. The number of para-hydroxylation sites is 1. The summed E-state index contributed by atoms with van der Waals surface area (Å²) in [4.78, 5) is 23.8. The first-order valence-electron chi connectivity index (χ1n) is 9.65. The fourth-order valence-corrected chi connectivity index (χ4v) is 2.47. The Balaban J connectivity index is 1.70. The summed E-state index contributed by atoms with van der Waals surface area (Å²) < 4.78 is 21.5. The van der Waals surface area contributed by atoms with Crippen LogP contribution in [0.5, 0.6) is 17.2 Å². The zero-order chi connectivity index (χ0) is 20.9. The highest BCUT2D eigenvalue weighted by Crippen LogP contribution is 2.30. The second-order valence-electron chi connectivity index (χ2n) is 6.00. The summed E-state index contributed by atoms with van der Waals surface area (Å²) in [6.07, 6.45) is 0.684. The Morgan fingerprint density at radius 2 is 1.62 bits per heavy atom. The van der Waals surface area contributed by atoms with Crippen LogP contribution in [-0.4, -0.2) is 38.3 Å². The molecule has 2 aromatic rings. The maximum atomic E-state index is 12.0. The summed E-state index contributed by atoms with van der Waals surface area (Å²) >= 11 is 0. The average Bonchev–Trinajstić information content (AvgIpc) is 2.73. The van der Waals surface area contributed by atoms with E-state index in [1.54, 1.807) is 18.2 Å². The zero-order valence-electron chi connectivity index (χ0n) is 16.8. The Kier molecular flexibility index (Phi) is 9.35. The first kappa shape index (κ1) is 22.1. The van der Waals surface area contributed by atoms with Crippen LogP contribution in [0.4, 0.5) is 5.69 Å². The molecule has 0 aromatic heterocycles. The standard InChI is InChI=1S/C22H27NO6/c1-3-26-19-13-12-17(15-20(19)27-4-2)23-21(24)16-29-22(25)11-8-14-28-18-9-6-5-7-10-18/h5-7,9-10,12-13,15H,3-4,8,11,14,16H2,1-2H3,(H,23,24). The minimum absolute atomic E-state index is 0.178. The van der Waals surface area contributed by atoms with Crippen molar-refractivity contribution in [3.05, 3.63) is 48.5 Å². The molecular weight excluding hydrogens is 374 g/mol. The monoisotopic (exact) mass is 401 g/mol. The Hall–Kier alpha value is -3.22. The van der Waals surface area contributed by atoms with E-state index in [9.17, 15) is 9.59 Å². The number of hydrogen-bond donors (Lipinski definition) is 1. The summed E-state index contributed by atoms with van der Waals surface area (Å²) in [5.74, 6) is 1.03.